The fourth-order valence-corrected chi connectivity index (χ4v) is 1.55. The standard InChI is InChI=1S/C11H7Cl2N3O2/c12-7-2-1-6(3-8(7)13)15-10-5-14-4-9(16-10)11(17)18/h1-5H,(H,15,16)(H,17,18). The fourth-order valence-electron chi connectivity index (χ4n) is 1.25. The SMILES string of the molecule is O=C(O)c1cncc(Nc2ccc(Cl)c(Cl)c2)n1. The van der Waals surface area contributed by atoms with Crippen LogP contribution >= 0.6 is 23.2 Å². The monoisotopic (exact) mass is 283 g/mol. The minimum Gasteiger partial charge on any atom is -0.476 e. The van der Waals surface area contributed by atoms with Gasteiger partial charge in [0.25, 0.3) is 0 Å². The molecule has 0 atom stereocenters. The van der Waals surface area contributed by atoms with Crippen LogP contribution in [0.2, 0.25) is 10.0 Å². The van der Waals surface area contributed by atoms with Crippen molar-refractivity contribution in [3.05, 3.63) is 46.3 Å². The van der Waals surface area contributed by atoms with Crippen LogP contribution in [-0.4, -0.2) is 21.0 Å². The van der Waals surface area contributed by atoms with Crippen LogP contribution in [0.5, 0.6) is 0 Å². The molecule has 2 N–H and O–H groups in total. The van der Waals surface area contributed by atoms with E-state index in [9.17, 15) is 4.79 Å². The van der Waals surface area contributed by atoms with Gasteiger partial charge in [-0.25, -0.2) is 9.78 Å². The van der Waals surface area contributed by atoms with Gasteiger partial charge in [0.05, 0.1) is 22.4 Å². The van der Waals surface area contributed by atoms with E-state index < -0.39 is 5.97 Å². The summed E-state index contributed by atoms with van der Waals surface area (Å²) in [5, 5.41) is 12.5. The summed E-state index contributed by atoms with van der Waals surface area (Å²) in [6, 6.07) is 4.93. The molecule has 5 nitrogen and oxygen atoms in total. The number of nitrogens with zero attached hydrogens (tertiary/aromatic N) is 2. The molecule has 0 aliphatic heterocycles. The third-order valence-corrected chi connectivity index (χ3v) is 2.78. The number of rotatable bonds is 3. The molecule has 0 fully saturated rings. The molecule has 0 spiro atoms. The first kappa shape index (κ1) is 12.6. The van der Waals surface area contributed by atoms with Gasteiger partial charge in [0.2, 0.25) is 0 Å². The number of carboxylic acid groups (broad SMARTS) is 1. The third-order valence-electron chi connectivity index (χ3n) is 2.05. The molecule has 18 heavy (non-hydrogen) atoms. The zero-order valence-corrected chi connectivity index (χ0v) is 10.4. The number of anilines is 2. The molecule has 0 aliphatic rings. The summed E-state index contributed by atoms with van der Waals surface area (Å²) in [6.07, 6.45) is 2.58. The van der Waals surface area contributed by atoms with Crippen LogP contribution in [0.4, 0.5) is 11.5 Å². The van der Waals surface area contributed by atoms with Crippen molar-refractivity contribution in [2.45, 2.75) is 0 Å². The average Bonchev–Trinajstić information content (AvgIpc) is 2.34. The smallest absolute Gasteiger partial charge is 0.356 e. The lowest BCUT2D eigenvalue weighted by molar-refractivity contribution is 0.0690. The molecule has 0 unspecified atom stereocenters. The maximum absolute atomic E-state index is 10.7. The molecular weight excluding hydrogens is 277 g/mol. The number of halogens is 2. The number of nitrogens with one attached hydrogen (secondary N) is 1. The van der Waals surface area contributed by atoms with Crippen LogP contribution in [-0.2, 0) is 0 Å². The Balaban J connectivity index is 2.25. The Labute approximate surface area is 112 Å². The normalized spacial score (nSPS) is 10.1. The van der Waals surface area contributed by atoms with E-state index in [0.717, 1.165) is 0 Å². The summed E-state index contributed by atoms with van der Waals surface area (Å²) in [7, 11) is 0. The third kappa shape index (κ3) is 2.88. The maximum Gasteiger partial charge on any atom is 0.356 e. The second-order valence-corrected chi connectivity index (χ2v) is 4.16. The first-order chi connectivity index (χ1) is 8.56. The maximum atomic E-state index is 10.7. The van der Waals surface area contributed by atoms with Gasteiger partial charge in [0, 0.05) is 5.69 Å². The molecule has 1 aromatic heterocycles. The molecule has 7 heteroatoms. The van der Waals surface area contributed by atoms with E-state index >= 15 is 0 Å². The first-order valence-corrected chi connectivity index (χ1v) is 5.59. The number of hydrogen-bond donors (Lipinski definition) is 2. The number of aromatic nitrogens is 2. The minimum atomic E-state index is -1.14. The molecule has 0 aliphatic carbocycles. The van der Waals surface area contributed by atoms with E-state index in [0.29, 0.717) is 21.6 Å². The van der Waals surface area contributed by atoms with Gasteiger partial charge >= 0.3 is 5.97 Å². The molecule has 2 rings (SSSR count). The molecule has 1 aromatic carbocycles. The first-order valence-electron chi connectivity index (χ1n) is 4.83. The number of carboxylic acids is 1. The molecule has 1 heterocycles. The van der Waals surface area contributed by atoms with Crippen molar-refractivity contribution < 1.29 is 9.90 Å². The topological polar surface area (TPSA) is 75.1 Å². The van der Waals surface area contributed by atoms with E-state index in [1.807, 2.05) is 0 Å². The highest BCUT2D eigenvalue weighted by Crippen LogP contribution is 2.26. The van der Waals surface area contributed by atoms with E-state index in [4.69, 9.17) is 28.3 Å². The predicted molar refractivity (Wildman–Crippen MR) is 68.7 cm³/mol. The molecule has 0 bridgehead atoms. The highest BCUT2D eigenvalue weighted by Gasteiger charge is 2.06. The Morgan fingerprint density at radius 1 is 1.22 bits per heavy atom. The zero-order chi connectivity index (χ0) is 13.1. The molecule has 92 valence electrons. The summed E-state index contributed by atoms with van der Waals surface area (Å²) >= 11 is 11.6. The van der Waals surface area contributed by atoms with Gasteiger partial charge in [-0.15, -0.1) is 0 Å². The Morgan fingerprint density at radius 3 is 2.67 bits per heavy atom. The van der Waals surface area contributed by atoms with Gasteiger partial charge in [-0.1, -0.05) is 23.2 Å². The van der Waals surface area contributed by atoms with Crippen LogP contribution in [0.15, 0.2) is 30.6 Å². The minimum absolute atomic E-state index is 0.139. The van der Waals surface area contributed by atoms with Crippen molar-refractivity contribution in [3.63, 3.8) is 0 Å². The number of benzene rings is 1. The highest BCUT2D eigenvalue weighted by molar-refractivity contribution is 6.42. The van der Waals surface area contributed by atoms with Gasteiger partial charge < -0.3 is 10.4 Å². The quantitative estimate of drug-likeness (QED) is 0.905. The number of carbonyl (C=O) groups is 1. The lowest BCUT2D eigenvalue weighted by Crippen LogP contribution is -2.03. The largest absolute Gasteiger partial charge is 0.476 e. The van der Waals surface area contributed by atoms with Crippen LogP contribution in [0.3, 0.4) is 0 Å². The summed E-state index contributed by atoms with van der Waals surface area (Å²) < 4.78 is 0. The van der Waals surface area contributed by atoms with Crippen LogP contribution in [0, 0.1) is 0 Å². The highest BCUT2D eigenvalue weighted by atomic mass is 35.5. The van der Waals surface area contributed by atoms with Crippen molar-refractivity contribution in [1.82, 2.24) is 9.97 Å². The van der Waals surface area contributed by atoms with Gasteiger partial charge in [-0.3, -0.25) is 4.98 Å². The lowest BCUT2D eigenvalue weighted by Gasteiger charge is -2.06. The number of aromatic carboxylic acids is 1. The summed E-state index contributed by atoms with van der Waals surface area (Å²) in [6.45, 7) is 0. The van der Waals surface area contributed by atoms with Crippen molar-refractivity contribution in [2.24, 2.45) is 0 Å². The van der Waals surface area contributed by atoms with Gasteiger partial charge in [0.15, 0.2) is 5.69 Å². The van der Waals surface area contributed by atoms with Gasteiger partial charge in [-0.2, -0.15) is 0 Å². The Kier molecular flexibility index (Phi) is 3.64. The zero-order valence-electron chi connectivity index (χ0n) is 8.89. The molecule has 2 aromatic rings. The summed E-state index contributed by atoms with van der Waals surface area (Å²) in [5.74, 6) is -0.825. The second-order valence-electron chi connectivity index (χ2n) is 3.35. The van der Waals surface area contributed by atoms with E-state index in [2.05, 4.69) is 15.3 Å². The van der Waals surface area contributed by atoms with Crippen molar-refractivity contribution in [2.75, 3.05) is 5.32 Å². The van der Waals surface area contributed by atoms with Gasteiger partial charge in [0.1, 0.15) is 5.82 Å². The molecule has 0 saturated carbocycles. The predicted octanol–water partition coefficient (Wildman–Crippen LogP) is 3.23. The second kappa shape index (κ2) is 5.20. The summed E-state index contributed by atoms with van der Waals surface area (Å²) in [4.78, 5) is 18.4. The molecular formula is C11H7Cl2N3O2. The van der Waals surface area contributed by atoms with E-state index in [-0.39, 0.29) is 5.69 Å². The Hall–Kier alpha value is -1.85. The van der Waals surface area contributed by atoms with E-state index in [1.54, 1.807) is 18.2 Å². The van der Waals surface area contributed by atoms with Crippen molar-refractivity contribution >= 4 is 40.7 Å². The Morgan fingerprint density at radius 2 is 2.00 bits per heavy atom. The van der Waals surface area contributed by atoms with Crippen molar-refractivity contribution in [1.29, 1.82) is 0 Å². The lowest BCUT2D eigenvalue weighted by atomic mass is 10.3. The number of hydrogen-bond acceptors (Lipinski definition) is 4. The van der Waals surface area contributed by atoms with Crippen LogP contribution in [0.25, 0.3) is 0 Å². The Bertz CT molecular complexity index is 605. The van der Waals surface area contributed by atoms with Crippen LogP contribution < -0.4 is 5.32 Å². The van der Waals surface area contributed by atoms with Crippen LogP contribution in [0.1, 0.15) is 10.5 Å². The van der Waals surface area contributed by atoms with E-state index in [1.165, 1.54) is 12.4 Å². The molecule has 0 saturated heterocycles. The van der Waals surface area contributed by atoms with Crippen molar-refractivity contribution in [3.8, 4) is 0 Å². The molecule has 0 radical (unpaired) electrons. The fraction of sp³-hybridized carbons (Fsp3) is 0. The average molecular weight is 284 g/mol. The molecule has 0 amide bonds. The summed E-state index contributed by atoms with van der Waals surface area (Å²) in [5.41, 5.74) is 0.501. The van der Waals surface area contributed by atoms with Gasteiger partial charge in [-0.05, 0) is 18.2 Å².